The van der Waals surface area contributed by atoms with E-state index >= 15 is 0 Å². The van der Waals surface area contributed by atoms with Crippen LogP contribution in [0.1, 0.15) is 0 Å². The van der Waals surface area contributed by atoms with Crippen LogP contribution in [0.15, 0.2) is 29.3 Å². The van der Waals surface area contributed by atoms with Crippen LogP contribution in [0, 0.1) is 11.6 Å². The molecule has 0 amide bonds. The van der Waals surface area contributed by atoms with Crippen LogP contribution in [0.25, 0.3) is 10.9 Å². The number of pyridine rings is 1. The number of rotatable bonds is 3. The summed E-state index contributed by atoms with van der Waals surface area (Å²) in [5.41, 5.74) is -0.0830. The van der Waals surface area contributed by atoms with E-state index in [0.29, 0.717) is 4.90 Å². The van der Waals surface area contributed by atoms with Crippen LogP contribution in [-0.2, 0) is 4.79 Å². The Morgan fingerprint density at radius 3 is 2.71 bits per heavy atom. The highest BCUT2D eigenvalue weighted by atomic mass is 32.2. The van der Waals surface area contributed by atoms with Crippen LogP contribution in [0.5, 0.6) is 0 Å². The van der Waals surface area contributed by atoms with Gasteiger partial charge in [-0.1, -0.05) is 0 Å². The number of fused-ring (bicyclic) bond motifs is 1. The predicted molar refractivity (Wildman–Crippen MR) is 60.0 cm³/mol. The summed E-state index contributed by atoms with van der Waals surface area (Å²) in [6.45, 7) is 0. The maximum Gasteiger partial charge on any atom is 0.313 e. The number of hydrogen-bond donors (Lipinski definition) is 1. The molecule has 1 aromatic heterocycles. The van der Waals surface area contributed by atoms with Crippen LogP contribution in [0.4, 0.5) is 8.78 Å². The van der Waals surface area contributed by atoms with Gasteiger partial charge in [0, 0.05) is 11.1 Å². The number of carbonyl (C=O) groups is 1. The third-order valence-corrected chi connectivity index (χ3v) is 3.15. The van der Waals surface area contributed by atoms with E-state index in [0.717, 1.165) is 23.9 Å². The van der Waals surface area contributed by atoms with Gasteiger partial charge in [0.25, 0.3) is 0 Å². The first-order valence-electron chi connectivity index (χ1n) is 4.67. The summed E-state index contributed by atoms with van der Waals surface area (Å²) in [5, 5.41) is 8.59. The molecule has 0 aliphatic heterocycles. The summed E-state index contributed by atoms with van der Waals surface area (Å²) in [6.07, 6.45) is 1.33. The van der Waals surface area contributed by atoms with E-state index in [9.17, 15) is 13.6 Å². The molecule has 0 unspecified atom stereocenters. The number of benzene rings is 1. The summed E-state index contributed by atoms with van der Waals surface area (Å²) in [5.74, 6) is -2.46. The summed E-state index contributed by atoms with van der Waals surface area (Å²) in [6, 6.07) is 3.47. The van der Waals surface area contributed by atoms with E-state index in [-0.39, 0.29) is 16.7 Å². The molecule has 0 aliphatic rings. The molecule has 0 aliphatic carbocycles. The highest BCUT2D eigenvalue weighted by Gasteiger charge is 2.12. The zero-order valence-corrected chi connectivity index (χ0v) is 9.30. The molecule has 3 nitrogen and oxygen atoms in total. The first-order chi connectivity index (χ1) is 8.09. The summed E-state index contributed by atoms with van der Waals surface area (Å²) in [7, 11) is 0. The second-order valence-electron chi connectivity index (χ2n) is 3.24. The number of aliphatic carboxylic acids is 1. The molecule has 0 saturated carbocycles. The number of hydrogen-bond acceptors (Lipinski definition) is 3. The van der Waals surface area contributed by atoms with E-state index in [4.69, 9.17) is 5.11 Å². The van der Waals surface area contributed by atoms with Crippen molar-refractivity contribution >= 4 is 28.6 Å². The Hall–Kier alpha value is -1.69. The Kier molecular flexibility index (Phi) is 3.23. The van der Waals surface area contributed by atoms with Crippen molar-refractivity contribution in [3.8, 4) is 0 Å². The standard InChI is InChI=1S/C11H7F2NO2S/c12-6-1-2-7(13)11-10(6)8(3-4-14-11)17-5-9(15)16/h1-4H,5H2,(H,15,16). The van der Waals surface area contributed by atoms with Crippen LogP contribution in [-0.4, -0.2) is 21.8 Å². The molecule has 2 rings (SSSR count). The summed E-state index contributed by atoms with van der Waals surface area (Å²) in [4.78, 5) is 14.6. The van der Waals surface area contributed by atoms with E-state index in [1.165, 1.54) is 12.3 Å². The fourth-order valence-corrected chi connectivity index (χ4v) is 2.20. The topological polar surface area (TPSA) is 50.2 Å². The third kappa shape index (κ3) is 2.36. The minimum Gasteiger partial charge on any atom is -0.481 e. The lowest BCUT2D eigenvalue weighted by molar-refractivity contribution is -0.133. The van der Waals surface area contributed by atoms with E-state index < -0.39 is 17.6 Å². The molecule has 0 bridgehead atoms. The van der Waals surface area contributed by atoms with Crippen molar-refractivity contribution in [2.45, 2.75) is 4.90 Å². The Balaban J connectivity index is 2.56. The minimum atomic E-state index is -1.02. The van der Waals surface area contributed by atoms with Gasteiger partial charge >= 0.3 is 5.97 Å². The van der Waals surface area contributed by atoms with Gasteiger partial charge in [0.15, 0.2) is 0 Å². The molecule has 2 aromatic rings. The van der Waals surface area contributed by atoms with Crippen LogP contribution < -0.4 is 0 Å². The third-order valence-electron chi connectivity index (χ3n) is 2.10. The molecule has 17 heavy (non-hydrogen) atoms. The average molecular weight is 255 g/mol. The number of nitrogens with zero attached hydrogens (tertiary/aromatic N) is 1. The van der Waals surface area contributed by atoms with Gasteiger partial charge in [0.05, 0.1) is 11.1 Å². The second kappa shape index (κ2) is 4.67. The second-order valence-corrected chi connectivity index (χ2v) is 4.26. The SMILES string of the molecule is O=C(O)CSc1ccnc2c(F)ccc(F)c12. The molecule has 1 N–H and O–H groups in total. The van der Waals surface area contributed by atoms with E-state index in [1.807, 2.05) is 0 Å². The largest absolute Gasteiger partial charge is 0.481 e. The minimum absolute atomic E-state index is 0.0266. The molecule has 6 heteroatoms. The maximum absolute atomic E-state index is 13.6. The van der Waals surface area contributed by atoms with Crippen LogP contribution in [0.2, 0.25) is 0 Å². The number of halogens is 2. The molecule has 0 spiro atoms. The number of carboxylic acids is 1. The number of carboxylic acid groups (broad SMARTS) is 1. The molecule has 88 valence electrons. The van der Waals surface area contributed by atoms with Gasteiger partial charge in [-0.25, -0.2) is 8.78 Å². The van der Waals surface area contributed by atoms with Gasteiger partial charge in [-0.05, 0) is 18.2 Å². The monoisotopic (exact) mass is 255 g/mol. The smallest absolute Gasteiger partial charge is 0.313 e. The zero-order chi connectivity index (χ0) is 12.4. The molecule has 0 fully saturated rings. The van der Waals surface area contributed by atoms with Crippen molar-refractivity contribution in [1.82, 2.24) is 4.98 Å². The van der Waals surface area contributed by atoms with Gasteiger partial charge < -0.3 is 5.11 Å². The number of thioether (sulfide) groups is 1. The highest BCUT2D eigenvalue weighted by molar-refractivity contribution is 8.00. The Bertz CT molecular complexity index is 589. The van der Waals surface area contributed by atoms with Crippen molar-refractivity contribution in [1.29, 1.82) is 0 Å². The highest BCUT2D eigenvalue weighted by Crippen LogP contribution is 2.29. The molecular weight excluding hydrogens is 248 g/mol. The predicted octanol–water partition coefficient (Wildman–Crippen LogP) is 2.69. The van der Waals surface area contributed by atoms with Crippen molar-refractivity contribution in [3.63, 3.8) is 0 Å². The van der Waals surface area contributed by atoms with Gasteiger partial charge in [0.2, 0.25) is 0 Å². The average Bonchev–Trinajstić information content (AvgIpc) is 2.31. The normalized spacial score (nSPS) is 10.7. The van der Waals surface area contributed by atoms with Crippen LogP contribution >= 0.6 is 11.8 Å². The fraction of sp³-hybridized carbons (Fsp3) is 0.0909. The van der Waals surface area contributed by atoms with Crippen molar-refractivity contribution in [3.05, 3.63) is 36.0 Å². The molecule has 0 radical (unpaired) electrons. The van der Waals surface area contributed by atoms with Gasteiger partial charge in [0.1, 0.15) is 17.2 Å². The summed E-state index contributed by atoms with van der Waals surface area (Å²) < 4.78 is 27.0. The first kappa shape index (κ1) is 11.8. The van der Waals surface area contributed by atoms with E-state index in [1.54, 1.807) is 0 Å². The van der Waals surface area contributed by atoms with Gasteiger partial charge in [-0.3, -0.25) is 9.78 Å². The Labute approximate surface area is 99.5 Å². The first-order valence-corrected chi connectivity index (χ1v) is 5.65. The van der Waals surface area contributed by atoms with E-state index in [2.05, 4.69) is 4.98 Å². The van der Waals surface area contributed by atoms with Gasteiger partial charge in [-0.2, -0.15) is 0 Å². The fourth-order valence-electron chi connectivity index (χ4n) is 1.42. The quantitative estimate of drug-likeness (QED) is 0.857. The Morgan fingerprint density at radius 1 is 1.29 bits per heavy atom. The zero-order valence-electron chi connectivity index (χ0n) is 8.48. The molecular formula is C11H7F2NO2S. The number of aromatic nitrogens is 1. The Morgan fingerprint density at radius 2 is 2.00 bits per heavy atom. The molecule has 1 heterocycles. The lowest BCUT2D eigenvalue weighted by Crippen LogP contribution is -1.98. The lowest BCUT2D eigenvalue weighted by Gasteiger charge is -2.05. The van der Waals surface area contributed by atoms with Gasteiger partial charge in [-0.15, -0.1) is 11.8 Å². The maximum atomic E-state index is 13.6. The molecule has 0 saturated heterocycles. The van der Waals surface area contributed by atoms with Crippen molar-refractivity contribution < 1.29 is 18.7 Å². The lowest BCUT2D eigenvalue weighted by atomic mass is 10.2. The van der Waals surface area contributed by atoms with Crippen molar-refractivity contribution in [2.24, 2.45) is 0 Å². The molecule has 0 atom stereocenters. The summed E-state index contributed by atoms with van der Waals surface area (Å²) >= 11 is 0.935. The van der Waals surface area contributed by atoms with Crippen molar-refractivity contribution in [2.75, 3.05) is 5.75 Å². The van der Waals surface area contributed by atoms with Crippen LogP contribution in [0.3, 0.4) is 0 Å². The molecule has 1 aromatic carbocycles.